The molecule has 0 amide bonds. The highest BCUT2D eigenvalue weighted by atomic mass is 19.3. The molecule has 0 bridgehead atoms. The second kappa shape index (κ2) is 7.05. The van der Waals surface area contributed by atoms with Gasteiger partial charge in [0, 0.05) is 31.1 Å². The second-order valence-corrected chi connectivity index (χ2v) is 7.12. The van der Waals surface area contributed by atoms with Gasteiger partial charge in [0.15, 0.2) is 5.82 Å². The van der Waals surface area contributed by atoms with Crippen LogP contribution in [0.4, 0.5) is 14.6 Å². The summed E-state index contributed by atoms with van der Waals surface area (Å²) in [6.07, 6.45) is 1.40. The Balaban J connectivity index is 1.65. The van der Waals surface area contributed by atoms with Gasteiger partial charge in [-0.15, -0.1) is 10.2 Å². The smallest absolute Gasteiger partial charge is 0.286 e. The van der Waals surface area contributed by atoms with Crippen molar-refractivity contribution < 1.29 is 8.78 Å². The van der Waals surface area contributed by atoms with Crippen molar-refractivity contribution in [3.05, 3.63) is 66.5 Å². The number of aromatic nitrogens is 6. The third kappa shape index (κ3) is 3.24. The Morgan fingerprint density at radius 2 is 1.71 bits per heavy atom. The molecule has 0 saturated heterocycles. The van der Waals surface area contributed by atoms with Crippen molar-refractivity contribution in [1.82, 2.24) is 29.5 Å². The Bertz CT molecular complexity index is 1410. The molecule has 0 aliphatic heterocycles. The van der Waals surface area contributed by atoms with Crippen LogP contribution < -0.4 is 5.32 Å². The second-order valence-electron chi connectivity index (χ2n) is 7.12. The van der Waals surface area contributed by atoms with Crippen LogP contribution in [0.15, 0.2) is 60.8 Å². The lowest BCUT2D eigenvalue weighted by Gasteiger charge is -2.10. The zero-order chi connectivity index (χ0) is 21.6. The highest BCUT2D eigenvalue weighted by molar-refractivity contribution is 5.92. The van der Waals surface area contributed by atoms with E-state index >= 15 is 0 Å². The minimum absolute atomic E-state index is 0.284. The molecule has 0 atom stereocenters. The molecule has 1 aromatic carbocycles. The maximum absolute atomic E-state index is 13.5. The number of halogens is 2. The number of hydrogen-bond acceptors (Lipinski definition) is 6. The summed E-state index contributed by atoms with van der Waals surface area (Å²) in [6, 6.07) is 16.2. The Kier molecular flexibility index (Phi) is 4.32. The van der Waals surface area contributed by atoms with Crippen LogP contribution in [0.1, 0.15) is 12.6 Å². The monoisotopic (exact) mass is 417 g/mol. The van der Waals surface area contributed by atoms with Gasteiger partial charge in [0.2, 0.25) is 0 Å². The van der Waals surface area contributed by atoms with Crippen LogP contribution in [0, 0.1) is 0 Å². The molecule has 1 N–H and O–H groups in total. The van der Waals surface area contributed by atoms with Gasteiger partial charge in [-0.1, -0.05) is 18.2 Å². The molecule has 0 aliphatic rings. The van der Waals surface area contributed by atoms with Crippen molar-refractivity contribution in [1.29, 1.82) is 0 Å². The number of nitrogens with one attached hydrogen (secondary N) is 1. The van der Waals surface area contributed by atoms with Gasteiger partial charge in [-0.3, -0.25) is 9.38 Å². The summed E-state index contributed by atoms with van der Waals surface area (Å²) in [4.78, 5) is 13.1. The molecule has 5 aromatic rings. The summed E-state index contributed by atoms with van der Waals surface area (Å²) in [7, 11) is 1.81. The summed E-state index contributed by atoms with van der Waals surface area (Å²) in [5.41, 5.74) is 2.41. The average molecular weight is 417 g/mol. The van der Waals surface area contributed by atoms with E-state index in [2.05, 4.69) is 30.5 Å². The third-order valence-corrected chi connectivity index (χ3v) is 4.98. The fraction of sp³-hybridized carbons (Fsp3) is 0.136. The molecule has 0 saturated carbocycles. The van der Waals surface area contributed by atoms with Gasteiger partial charge in [-0.05, 0) is 36.4 Å². The number of anilines is 1. The van der Waals surface area contributed by atoms with Gasteiger partial charge in [-0.25, -0.2) is 4.98 Å². The molecule has 4 aromatic heterocycles. The van der Waals surface area contributed by atoms with E-state index in [9.17, 15) is 8.78 Å². The van der Waals surface area contributed by atoms with Crippen LogP contribution in [-0.4, -0.2) is 36.6 Å². The summed E-state index contributed by atoms with van der Waals surface area (Å²) < 4.78 is 28.8. The normalized spacial score (nSPS) is 11.9. The molecular formula is C22H17F2N7. The van der Waals surface area contributed by atoms with Crippen LogP contribution in [0.3, 0.4) is 0 Å². The SMILES string of the molecule is CNc1nc2nnc(-c3cccc(-c4ccc(C(C)(F)F)nc4)n3)n2c2ccccc12. The Labute approximate surface area is 175 Å². The van der Waals surface area contributed by atoms with Gasteiger partial charge in [0.25, 0.3) is 11.7 Å². The first kappa shape index (κ1) is 19.0. The molecule has 0 spiro atoms. The lowest BCUT2D eigenvalue weighted by Crippen LogP contribution is -2.09. The molecular weight excluding hydrogens is 400 g/mol. The van der Waals surface area contributed by atoms with Gasteiger partial charge in [0.1, 0.15) is 17.2 Å². The van der Waals surface area contributed by atoms with Crippen LogP contribution >= 0.6 is 0 Å². The van der Waals surface area contributed by atoms with Crippen molar-refractivity contribution in [2.24, 2.45) is 0 Å². The minimum Gasteiger partial charge on any atom is -0.372 e. The van der Waals surface area contributed by atoms with Crippen molar-refractivity contribution in [3.8, 4) is 22.8 Å². The number of benzene rings is 1. The number of rotatable bonds is 4. The summed E-state index contributed by atoms with van der Waals surface area (Å²) in [6.45, 7) is 0.822. The van der Waals surface area contributed by atoms with Crippen LogP contribution in [0.25, 0.3) is 39.5 Å². The van der Waals surface area contributed by atoms with Gasteiger partial charge in [0.05, 0.1) is 11.2 Å². The minimum atomic E-state index is -2.99. The maximum atomic E-state index is 13.5. The fourth-order valence-corrected chi connectivity index (χ4v) is 3.48. The number of hydrogen-bond donors (Lipinski definition) is 1. The van der Waals surface area contributed by atoms with Crippen molar-refractivity contribution in [2.45, 2.75) is 12.8 Å². The molecule has 9 heteroatoms. The largest absolute Gasteiger partial charge is 0.372 e. The summed E-state index contributed by atoms with van der Waals surface area (Å²) >= 11 is 0. The number of nitrogens with zero attached hydrogens (tertiary/aromatic N) is 6. The van der Waals surface area contributed by atoms with Crippen LogP contribution in [0.5, 0.6) is 0 Å². The van der Waals surface area contributed by atoms with Crippen LogP contribution in [0.2, 0.25) is 0 Å². The average Bonchev–Trinajstić information content (AvgIpc) is 3.22. The first-order chi connectivity index (χ1) is 15.0. The van der Waals surface area contributed by atoms with Gasteiger partial charge >= 0.3 is 0 Å². The third-order valence-electron chi connectivity index (χ3n) is 4.98. The van der Waals surface area contributed by atoms with Gasteiger partial charge < -0.3 is 5.32 Å². The zero-order valence-corrected chi connectivity index (χ0v) is 16.7. The van der Waals surface area contributed by atoms with E-state index in [0.717, 1.165) is 17.8 Å². The van der Waals surface area contributed by atoms with E-state index in [1.807, 2.05) is 40.8 Å². The standard InChI is InChI=1S/C22H17F2N7/c1-22(23,24)18-11-10-13(12-26-18)15-7-5-8-16(27-15)20-29-30-21-28-19(25-2)14-6-3-4-9-17(14)31(20)21/h3-12H,1-2H3,(H,25,28,30). The van der Waals surface area contributed by atoms with E-state index in [4.69, 9.17) is 0 Å². The lowest BCUT2D eigenvalue weighted by molar-refractivity contribution is 0.0128. The highest BCUT2D eigenvalue weighted by Crippen LogP contribution is 2.29. The number of alkyl halides is 2. The quantitative estimate of drug-likeness (QED) is 0.462. The first-order valence-electron chi connectivity index (χ1n) is 9.59. The predicted octanol–water partition coefficient (Wildman–Crippen LogP) is 4.55. The number of para-hydroxylation sites is 1. The van der Waals surface area contributed by atoms with E-state index in [1.165, 1.54) is 12.3 Å². The predicted molar refractivity (Wildman–Crippen MR) is 114 cm³/mol. The van der Waals surface area contributed by atoms with Crippen molar-refractivity contribution in [3.63, 3.8) is 0 Å². The Hall–Kier alpha value is -4.01. The first-order valence-corrected chi connectivity index (χ1v) is 9.59. The molecule has 0 radical (unpaired) electrons. The molecule has 154 valence electrons. The molecule has 31 heavy (non-hydrogen) atoms. The Morgan fingerprint density at radius 1 is 0.903 bits per heavy atom. The zero-order valence-electron chi connectivity index (χ0n) is 16.7. The van der Waals surface area contributed by atoms with Crippen LogP contribution in [-0.2, 0) is 5.92 Å². The maximum Gasteiger partial charge on any atom is 0.286 e. The van der Waals surface area contributed by atoms with Gasteiger partial charge in [-0.2, -0.15) is 13.8 Å². The summed E-state index contributed by atoms with van der Waals surface area (Å²) in [5.74, 6) is -1.30. The van der Waals surface area contributed by atoms with E-state index < -0.39 is 5.92 Å². The number of pyridine rings is 2. The molecule has 5 rings (SSSR count). The molecule has 0 aliphatic carbocycles. The molecule has 4 heterocycles. The number of fused-ring (bicyclic) bond motifs is 3. The van der Waals surface area contributed by atoms with Crippen molar-refractivity contribution >= 4 is 22.5 Å². The lowest BCUT2D eigenvalue weighted by atomic mass is 10.1. The Morgan fingerprint density at radius 3 is 2.45 bits per heavy atom. The topological polar surface area (TPSA) is 80.9 Å². The van der Waals surface area contributed by atoms with E-state index in [1.54, 1.807) is 19.2 Å². The van der Waals surface area contributed by atoms with E-state index in [-0.39, 0.29) is 5.69 Å². The van der Waals surface area contributed by atoms with Crippen molar-refractivity contribution in [2.75, 3.05) is 12.4 Å². The summed E-state index contributed by atoms with van der Waals surface area (Å²) in [5, 5.41) is 12.6. The molecule has 7 nitrogen and oxygen atoms in total. The highest BCUT2D eigenvalue weighted by Gasteiger charge is 2.25. The molecule has 0 unspecified atom stereocenters. The molecule has 0 fully saturated rings. The fourth-order valence-electron chi connectivity index (χ4n) is 3.48. The van der Waals surface area contributed by atoms with E-state index in [0.29, 0.717) is 34.4 Å².